The van der Waals surface area contributed by atoms with Gasteiger partial charge in [0.05, 0.1) is 25.9 Å². The lowest BCUT2D eigenvalue weighted by Gasteiger charge is -2.13. The summed E-state index contributed by atoms with van der Waals surface area (Å²) in [5, 5.41) is 7.07. The van der Waals surface area contributed by atoms with Gasteiger partial charge in [0.2, 0.25) is 5.69 Å². The van der Waals surface area contributed by atoms with Crippen LogP contribution < -0.4 is 21.3 Å². The number of methoxy groups -OCH3 is 2. The Balaban J connectivity index is 2.13. The third-order valence-corrected chi connectivity index (χ3v) is 4.65. The Hall–Kier alpha value is -3.43. The van der Waals surface area contributed by atoms with Crippen molar-refractivity contribution in [2.24, 2.45) is 0 Å². The lowest BCUT2D eigenvalue weighted by atomic mass is 10.2. The lowest BCUT2D eigenvalue weighted by Crippen LogP contribution is -2.46. The molecule has 0 unspecified atom stereocenters. The van der Waals surface area contributed by atoms with Crippen LogP contribution in [0.2, 0.25) is 5.02 Å². The fourth-order valence-corrected chi connectivity index (χ4v) is 3.07. The van der Waals surface area contributed by atoms with Gasteiger partial charge in [0.1, 0.15) is 5.75 Å². The first-order valence-corrected chi connectivity index (χ1v) is 9.72. The van der Waals surface area contributed by atoms with Crippen LogP contribution in [0, 0.1) is 0 Å². The van der Waals surface area contributed by atoms with E-state index in [0.29, 0.717) is 22.0 Å². The zero-order valence-corrected chi connectivity index (χ0v) is 17.8. The van der Waals surface area contributed by atoms with E-state index in [-0.39, 0.29) is 19.7 Å². The highest BCUT2D eigenvalue weighted by molar-refractivity contribution is 6.30. The Morgan fingerprint density at radius 3 is 2.52 bits per heavy atom. The van der Waals surface area contributed by atoms with Crippen LogP contribution in [0.15, 0.2) is 58.1 Å². The molecule has 1 aromatic heterocycles. The number of carbonyl (C=O) groups excluding carboxylic acids is 1. The van der Waals surface area contributed by atoms with Crippen LogP contribution in [0.25, 0.3) is 5.69 Å². The summed E-state index contributed by atoms with van der Waals surface area (Å²) in [7, 11) is 3.01. The monoisotopic (exact) mass is 444 g/mol. The Morgan fingerprint density at radius 2 is 1.87 bits per heavy atom. The lowest BCUT2D eigenvalue weighted by molar-refractivity contribution is 0.0927. The number of hydrogen-bond donors (Lipinski definition) is 1. The molecule has 0 atom stereocenters. The van der Waals surface area contributed by atoms with Crippen molar-refractivity contribution in [3.8, 4) is 11.4 Å². The van der Waals surface area contributed by atoms with Crippen molar-refractivity contribution < 1.29 is 14.3 Å². The van der Waals surface area contributed by atoms with Crippen LogP contribution >= 0.6 is 11.6 Å². The normalized spacial score (nSPS) is 10.7. The molecule has 0 aliphatic rings. The summed E-state index contributed by atoms with van der Waals surface area (Å²) in [6.45, 7) is 0.377. The van der Waals surface area contributed by atoms with Gasteiger partial charge in [0, 0.05) is 18.7 Å². The molecule has 0 radical (unpaired) electrons. The highest BCUT2D eigenvalue weighted by atomic mass is 35.5. The van der Waals surface area contributed by atoms with Gasteiger partial charge in [-0.05, 0) is 42.0 Å². The number of nitrogens with zero attached hydrogens (tertiary/aromatic N) is 3. The van der Waals surface area contributed by atoms with Crippen LogP contribution in [0.5, 0.6) is 5.75 Å². The number of nitrogens with one attached hydrogen (secondary N) is 1. The van der Waals surface area contributed by atoms with Gasteiger partial charge in [-0.1, -0.05) is 23.7 Å². The van der Waals surface area contributed by atoms with Crippen molar-refractivity contribution in [1.29, 1.82) is 0 Å². The fourth-order valence-electron chi connectivity index (χ4n) is 2.86. The SMILES string of the molecule is COCCNC(=O)c1nn(-c2ccc(OC)cc2)c(=O)n(Cc2cccc(Cl)c2)c1=O. The van der Waals surface area contributed by atoms with Crippen molar-refractivity contribution in [2.75, 3.05) is 27.4 Å². The van der Waals surface area contributed by atoms with Crippen LogP contribution in [-0.2, 0) is 11.3 Å². The number of hydrogen-bond acceptors (Lipinski definition) is 6. The van der Waals surface area contributed by atoms with Crippen molar-refractivity contribution in [3.63, 3.8) is 0 Å². The van der Waals surface area contributed by atoms with E-state index in [1.54, 1.807) is 48.5 Å². The van der Waals surface area contributed by atoms with Gasteiger partial charge in [-0.3, -0.25) is 14.2 Å². The molecular weight excluding hydrogens is 424 g/mol. The molecule has 162 valence electrons. The van der Waals surface area contributed by atoms with Gasteiger partial charge in [0.25, 0.3) is 11.5 Å². The minimum absolute atomic E-state index is 0.0742. The van der Waals surface area contributed by atoms with Gasteiger partial charge in [-0.25, -0.2) is 4.79 Å². The van der Waals surface area contributed by atoms with E-state index in [1.165, 1.54) is 14.2 Å². The van der Waals surface area contributed by atoms with E-state index >= 15 is 0 Å². The summed E-state index contributed by atoms with van der Waals surface area (Å²) in [6.07, 6.45) is 0. The Bertz CT molecular complexity index is 1190. The number of rotatable bonds is 8. The molecule has 1 heterocycles. The number of benzene rings is 2. The molecule has 3 rings (SSSR count). The molecule has 0 spiro atoms. The molecule has 0 aliphatic heterocycles. The zero-order valence-electron chi connectivity index (χ0n) is 17.0. The summed E-state index contributed by atoms with van der Waals surface area (Å²) in [5.41, 5.74) is -0.900. The highest BCUT2D eigenvalue weighted by Crippen LogP contribution is 2.13. The molecule has 9 nitrogen and oxygen atoms in total. The highest BCUT2D eigenvalue weighted by Gasteiger charge is 2.20. The first kappa shape index (κ1) is 22.3. The topological polar surface area (TPSA) is 104 Å². The van der Waals surface area contributed by atoms with Crippen LogP contribution in [0.4, 0.5) is 0 Å². The molecule has 0 fully saturated rings. The van der Waals surface area contributed by atoms with Gasteiger partial charge < -0.3 is 14.8 Å². The van der Waals surface area contributed by atoms with Crippen LogP contribution in [0.1, 0.15) is 16.1 Å². The minimum Gasteiger partial charge on any atom is -0.497 e. The fraction of sp³-hybridized carbons (Fsp3) is 0.238. The number of carbonyl (C=O) groups is 1. The number of amides is 1. The maximum atomic E-state index is 13.1. The second-order valence-corrected chi connectivity index (χ2v) is 6.95. The van der Waals surface area contributed by atoms with E-state index in [4.69, 9.17) is 21.1 Å². The molecule has 1 amide bonds. The average molecular weight is 445 g/mol. The van der Waals surface area contributed by atoms with Crippen LogP contribution in [0.3, 0.4) is 0 Å². The summed E-state index contributed by atoms with van der Waals surface area (Å²) in [6, 6.07) is 13.3. The van der Waals surface area contributed by atoms with E-state index in [1.807, 2.05) is 0 Å². The standard InChI is InChI=1S/C21H21ClN4O5/c1-30-11-10-23-19(27)18-20(28)25(13-14-4-3-5-15(22)12-14)21(29)26(24-18)16-6-8-17(31-2)9-7-16/h3-9,12H,10-11,13H2,1-2H3,(H,23,27). The summed E-state index contributed by atoms with van der Waals surface area (Å²) in [4.78, 5) is 38.7. The largest absolute Gasteiger partial charge is 0.497 e. The summed E-state index contributed by atoms with van der Waals surface area (Å²) in [5.74, 6) is -0.120. The molecule has 0 saturated heterocycles. The Kier molecular flexibility index (Phi) is 7.22. The smallest absolute Gasteiger partial charge is 0.352 e. The molecule has 3 aromatic rings. The van der Waals surface area contributed by atoms with Crippen molar-refractivity contribution in [2.45, 2.75) is 6.54 Å². The third kappa shape index (κ3) is 5.19. The predicted molar refractivity (Wildman–Crippen MR) is 115 cm³/mol. The first-order valence-electron chi connectivity index (χ1n) is 9.34. The third-order valence-electron chi connectivity index (χ3n) is 4.41. The van der Waals surface area contributed by atoms with E-state index < -0.39 is 22.9 Å². The summed E-state index contributed by atoms with van der Waals surface area (Å²) < 4.78 is 12.0. The molecular formula is C21H21ClN4O5. The maximum Gasteiger partial charge on any atom is 0.352 e. The van der Waals surface area contributed by atoms with Crippen molar-refractivity contribution in [1.82, 2.24) is 19.7 Å². The molecule has 0 aliphatic carbocycles. The predicted octanol–water partition coefficient (Wildman–Crippen LogP) is 1.48. The van der Waals surface area contributed by atoms with Gasteiger partial charge in [-0.15, -0.1) is 0 Å². The number of ether oxygens (including phenoxy) is 2. The Labute approximate surface area is 182 Å². The molecule has 10 heteroatoms. The molecule has 0 bridgehead atoms. The molecule has 31 heavy (non-hydrogen) atoms. The number of halogens is 1. The molecule has 0 saturated carbocycles. The van der Waals surface area contributed by atoms with E-state index in [9.17, 15) is 14.4 Å². The second kappa shape index (κ2) is 10.1. The van der Waals surface area contributed by atoms with Crippen LogP contribution in [-0.4, -0.2) is 47.6 Å². The van der Waals surface area contributed by atoms with Gasteiger partial charge in [0.15, 0.2) is 0 Å². The first-order chi connectivity index (χ1) is 14.9. The maximum absolute atomic E-state index is 13.1. The van der Waals surface area contributed by atoms with E-state index in [2.05, 4.69) is 10.4 Å². The quantitative estimate of drug-likeness (QED) is 0.528. The molecule has 1 N–H and O–H groups in total. The minimum atomic E-state index is -0.801. The Morgan fingerprint density at radius 1 is 1.13 bits per heavy atom. The number of aromatic nitrogens is 3. The average Bonchev–Trinajstić information content (AvgIpc) is 2.77. The van der Waals surface area contributed by atoms with E-state index in [0.717, 1.165) is 9.25 Å². The zero-order chi connectivity index (χ0) is 22.4. The van der Waals surface area contributed by atoms with Gasteiger partial charge in [-0.2, -0.15) is 9.78 Å². The second-order valence-electron chi connectivity index (χ2n) is 6.51. The van der Waals surface area contributed by atoms with Crippen molar-refractivity contribution >= 4 is 17.5 Å². The summed E-state index contributed by atoms with van der Waals surface area (Å²) >= 11 is 6.03. The van der Waals surface area contributed by atoms with Gasteiger partial charge >= 0.3 is 5.69 Å². The molecule has 2 aromatic carbocycles. The van der Waals surface area contributed by atoms with Crippen molar-refractivity contribution in [3.05, 3.63) is 85.6 Å².